The summed E-state index contributed by atoms with van der Waals surface area (Å²) in [6.45, 7) is 7.00. The molecule has 0 unspecified atom stereocenters. The minimum Gasteiger partial charge on any atom is -0.454 e. The molecule has 0 N–H and O–H groups in total. The van der Waals surface area contributed by atoms with Crippen LogP contribution in [0.5, 0.6) is 11.5 Å². The number of carbonyl (C=O) groups excluding carboxylic acids is 1. The largest absolute Gasteiger partial charge is 0.454 e. The number of hydrogen-bond donors (Lipinski definition) is 0. The van der Waals surface area contributed by atoms with Crippen molar-refractivity contribution >= 4 is 44.2 Å². The third kappa shape index (κ3) is 4.28. The van der Waals surface area contributed by atoms with E-state index >= 15 is 0 Å². The van der Waals surface area contributed by atoms with Crippen molar-refractivity contribution in [3.8, 4) is 11.5 Å². The van der Waals surface area contributed by atoms with Gasteiger partial charge in [-0.3, -0.25) is 14.6 Å². The molecule has 1 amide bonds. The summed E-state index contributed by atoms with van der Waals surface area (Å²) in [6.07, 6.45) is 0.832. The van der Waals surface area contributed by atoms with Crippen LogP contribution in [0.25, 0.3) is 10.2 Å². The molecule has 9 heteroatoms. The number of ether oxygens (including phenoxy) is 3. The lowest BCUT2D eigenvalue weighted by atomic mass is 10.1. The molecule has 1 aromatic heterocycles. The number of morpholine rings is 1. The molecule has 0 saturated carbocycles. The van der Waals surface area contributed by atoms with E-state index in [1.54, 1.807) is 23.1 Å². The summed E-state index contributed by atoms with van der Waals surface area (Å²) in [5.41, 5.74) is 2.42. The van der Waals surface area contributed by atoms with Gasteiger partial charge in [-0.05, 0) is 43.2 Å². The van der Waals surface area contributed by atoms with Crippen LogP contribution in [0.3, 0.4) is 0 Å². The average molecular weight is 474 g/mol. The molecular formula is C23H24ClN3O4S. The van der Waals surface area contributed by atoms with Gasteiger partial charge >= 0.3 is 0 Å². The molecule has 1 fully saturated rings. The van der Waals surface area contributed by atoms with Crippen LogP contribution in [0.2, 0.25) is 5.02 Å². The predicted molar refractivity (Wildman–Crippen MR) is 125 cm³/mol. The first kappa shape index (κ1) is 21.5. The second-order valence-electron chi connectivity index (χ2n) is 7.87. The van der Waals surface area contributed by atoms with Crippen LogP contribution < -0.4 is 14.4 Å². The van der Waals surface area contributed by atoms with Gasteiger partial charge in [0, 0.05) is 31.7 Å². The first-order valence-corrected chi connectivity index (χ1v) is 11.9. The zero-order valence-electron chi connectivity index (χ0n) is 17.8. The molecule has 0 spiro atoms. The van der Waals surface area contributed by atoms with Crippen molar-refractivity contribution in [1.82, 2.24) is 9.88 Å². The number of aryl methyl sites for hydroxylation is 1. The zero-order chi connectivity index (χ0) is 22.1. The molecule has 5 rings (SSSR count). The molecule has 3 aromatic rings. The van der Waals surface area contributed by atoms with E-state index in [1.807, 2.05) is 19.1 Å². The first-order valence-electron chi connectivity index (χ1n) is 10.7. The highest BCUT2D eigenvalue weighted by Gasteiger charge is 2.25. The van der Waals surface area contributed by atoms with Gasteiger partial charge in [-0.2, -0.15) is 0 Å². The Balaban J connectivity index is 1.43. The summed E-state index contributed by atoms with van der Waals surface area (Å²) < 4.78 is 17.2. The average Bonchev–Trinajstić information content (AvgIpc) is 3.47. The number of rotatable bonds is 6. The Morgan fingerprint density at radius 1 is 1.19 bits per heavy atom. The Kier molecular flexibility index (Phi) is 6.19. The topological polar surface area (TPSA) is 64.1 Å². The van der Waals surface area contributed by atoms with Crippen LogP contribution in [0.1, 0.15) is 22.3 Å². The molecule has 2 aromatic carbocycles. The van der Waals surface area contributed by atoms with Gasteiger partial charge in [0.05, 0.1) is 28.5 Å². The molecule has 0 bridgehead atoms. The molecule has 7 nitrogen and oxygen atoms in total. The van der Waals surface area contributed by atoms with Crippen molar-refractivity contribution in [3.63, 3.8) is 0 Å². The number of amides is 1. The Bertz CT molecular complexity index is 1110. The van der Waals surface area contributed by atoms with Crippen LogP contribution in [0.15, 0.2) is 30.3 Å². The fraction of sp³-hybridized carbons (Fsp3) is 0.391. The smallest absolute Gasteiger partial charge is 0.260 e. The summed E-state index contributed by atoms with van der Waals surface area (Å²) in [6, 6.07) is 9.13. The van der Waals surface area contributed by atoms with Crippen molar-refractivity contribution in [3.05, 3.63) is 46.5 Å². The first-order chi connectivity index (χ1) is 15.6. The highest BCUT2D eigenvalue weighted by molar-refractivity contribution is 7.23. The Morgan fingerprint density at radius 3 is 2.81 bits per heavy atom. The number of benzene rings is 2. The summed E-state index contributed by atoms with van der Waals surface area (Å²) >= 11 is 7.88. The maximum absolute atomic E-state index is 13.6. The van der Waals surface area contributed by atoms with Gasteiger partial charge in [-0.25, -0.2) is 4.98 Å². The molecule has 1 saturated heterocycles. The lowest BCUT2D eigenvalue weighted by Gasteiger charge is -2.27. The number of thiazole rings is 1. The van der Waals surface area contributed by atoms with Crippen molar-refractivity contribution in [1.29, 1.82) is 0 Å². The standard InChI is InChI=1S/C23H24ClN3O4S/c1-15-3-5-17(24)21-20(15)25-23(32-21)27(8-2-7-26-9-11-29-12-10-26)22(28)16-4-6-18-19(13-16)31-14-30-18/h3-6,13H,2,7-12,14H2,1H3. The Morgan fingerprint density at radius 2 is 2.00 bits per heavy atom. The zero-order valence-corrected chi connectivity index (χ0v) is 19.4. The maximum Gasteiger partial charge on any atom is 0.260 e. The van der Waals surface area contributed by atoms with E-state index in [0.717, 1.165) is 55.0 Å². The SMILES string of the molecule is Cc1ccc(Cl)c2sc(N(CCCN3CCOCC3)C(=O)c3ccc4c(c3)OCO4)nc12. The normalized spacial score (nSPS) is 15.9. The monoisotopic (exact) mass is 473 g/mol. The number of anilines is 1. The van der Waals surface area contributed by atoms with E-state index in [0.29, 0.717) is 33.8 Å². The molecule has 0 aliphatic carbocycles. The Labute approximate surface area is 195 Å². The number of carbonyl (C=O) groups is 1. The fourth-order valence-corrected chi connectivity index (χ4v) is 5.29. The van der Waals surface area contributed by atoms with Gasteiger partial charge in [0.2, 0.25) is 6.79 Å². The third-order valence-corrected chi connectivity index (χ3v) is 7.28. The summed E-state index contributed by atoms with van der Waals surface area (Å²) in [4.78, 5) is 22.5. The highest BCUT2D eigenvalue weighted by Crippen LogP contribution is 2.37. The second kappa shape index (κ2) is 9.23. The van der Waals surface area contributed by atoms with Gasteiger partial charge in [-0.15, -0.1) is 0 Å². The number of nitrogens with zero attached hydrogens (tertiary/aromatic N) is 3. The second-order valence-corrected chi connectivity index (χ2v) is 9.26. The van der Waals surface area contributed by atoms with Crippen LogP contribution in [0.4, 0.5) is 5.13 Å². The molecule has 2 aliphatic rings. The van der Waals surface area contributed by atoms with E-state index in [1.165, 1.54) is 11.3 Å². The maximum atomic E-state index is 13.6. The van der Waals surface area contributed by atoms with Crippen molar-refractivity contribution in [2.75, 3.05) is 51.1 Å². The lowest BCUT2D eigenvalue weighted by Crippen LogP contribution is -2.39. The van der Waals surface area contributed by atoms with Crippen LogP contribution in [-0.4, -0.2) is 62.0 Å². The van der Waals surface area contributed by atoms with Crippen LogP contribution in [-0.2, 0) is 4.74 Å². The van der Waals surface area contributed by atoms with E-state index in [2.05, 4.69) is 4.90 Å². The van der Waals surface area contributed by atoms with Gasteiger partial charge in [-0.1, -0.05) is 29.0 Å². The highest BCUT2D eigenvalue weighted by atomic mass is 35.5. The molecule has 0 radical (unpaired) electrons. The van der Waals surface area contributed by atoms with Crippen LogP contribution in [0, 0.1) is 6.92 Å². The van der Waals surface area contributed by atoms with E-state index < -0.39 is 0 Å². The van der Waals surface area contributed by atoms with Gasteiger partial charge in [0.25, 0.3) is 5.91 Å². The molecule has 168 valence electrons. The van der Waals surface area contributed by atoms with E-state index in [-0.39, 0.29) is 12.7 Å². The lowest BCUT2D eigenvalue weighted by molar-refractivity contribution is 0.0376. The fourth-order valence-electron chi connectivity index (χ4n) is 3.95. The molecule has 3 heterocycles. The minimum absolute atomic E-state index is 0.113. The van der Waals surface area contributed by atoms with Crippen molar-refractivity contribution < 1.29 is 19.0 Å². The van der Waals surface area contributed by atoms with Gasteiger partial charge in [0.15, 0.2) is 16.6 Å². The van der Waals surface area contributed by atoms with Crippen molar-refractivity contribution in [2.24, 2.45) is 0 Å². The third-order valence-electron chi connectivity index (χ3n) is 5.74. The van der Waals surface area contributed by atoms with Crippen molar-refractivity contribution in [2.45, 2.75) is 13.3 Å². The predicted octanol–water partition coefficient (Wildman–Crippen LogP) is 4.36. The van der Waals surface area contributed by atoms with Crippen LogP contribution >= 0.6 is 22.9 Å². The quantitative estimate of drug-likeness (QED) is 0.530. The molecular weight excluding hydrogens is 450 g/mol. The van der Waals surface area contributed by atoms with E-state index in [9.17, 15) is 4.79 Å². The minimum atomic E-state index is -0.113. The molecule has 2 aliphatic heterocycles. The van der Waals surface area contributed by atoms with Gasteiger partial charge in [0.1, 0.15) is 0 Å². The number of aromatic nitrogens is 1. The molecule has 32 heavy (non-hydrogen) atoms. The van der Waals surface area contributed by atoms with Gasteiger partial charge < -0.3 is 14.2 Å². The summed E-state index contributed by atoms with van der Waals surface area (Å²) in [5.74, 6) is 1.13. The number of hydrogen-bond acceptors (Lipinski definition) is 7. The molecule has 0 atom stereocenters. The number of fused-ring (bicyclic) bond motifs is 2. The van der Waals surface area contributed by atoms with E-state index in [4.69, 9.17) is 30.8 Å². The summed E-state index contributed by atoms with van der Waals surface area (Å²) in [5, 5.41) is 1.30. The Hall–Kier alpha value is -2.39. The number of halogens is 1. The summed E-state index contributed by atoms with van der Waals surface area (Å²) in [7, 11) is 0.